The Bertz CT molecular complexity index is 1210. The van der Waals surface area contributed by atoms with E-state index in [0.29, 0.717) is 24.9 Å². The smallest absolute Gasteiger partial charge is 0.247 e. The van der Waals surface area contributed by atoms with Crippen molar-refractivity contribution in [3.63, 3.8) is 0 Å². The summed E-state index contributed by atoms with van der Waals surface area (Å²) in [6.07, 6.45) is 1.01. The maximum absolute atomic E-state index is 13.1. The van der Waals surface area contributed by atoms with E-state index < -0.39 is 71.3 Å². The van der Waals surface area contributed by atoms with Gasteiger partial charge in [-0.25, -0.2) is 0 Å². The Morgan fingerprint density at radius 3 is 2.02 bits per heavy atom. The van der Waals surface area contributed by atoms with Gasteiger partial charge in [-0.15, -0.1) is 0 Å². The molecule has 0 aliphatic carbocycles. The van der Waals surface area contributed by atoms with Crippen LogP contribution in [0.3, 0.4) is 0 Å². The molecular weight excluding hydrogens is 556 g/mol. The number of carbonyl (C=O) groups excluding carboxylic acids is 6. The highest BCUT2D eigenvalue weighted by Gasteiger charge is 2.40. The van der Waals surface area contributed by atoms with Gasteiger partial charge in [-0.05, 0) is 59.9 Å². The van der Waals surface area contributed by atoms with Crippen molar-refractivity contribution in [1.29, 1.82) is 0 Å². The number of hydrogen-bond donors (Lipinski definition) is 5. The zero-order chi connectivity index (χ0) is 32.8. The van der Waals surface area contributed by atoms with Crippen molar-refractivity contribution in [1.82, 2.24) is 31.1 Å². The molecule has 1 aromatic carbocycles. The summed E-state index contributed by atoms with van der Waals surface area (Å²) >= 11 is 0. The Balaban J connectivity index is 1.97. The lowest BCUT2D eigenvalue weighted by atomic mass is 9.95. The molecule has 238 valence electrons. The second-order valence-electron chi connectivity index (χ2n) is 12.6. The molecule has 1 heterocycles. The largest absolute Gasteiger partial charge is 0.395 e. The summed E-state index contributed by atoms with van der Waals surface area (Å²) in [5.41, 5.74) is -3.48. The van der Waals surface area contributed by atoms with Crippen molar-refractivity contribution in [3.05, 3.63) is 35.9 Å². The monoisotopic (exact) mass is 602 g/mol. The van der Waals surface area contributed by atoms with Gasteiger partial charge >= 0.3 is 0 Å². The lowest BCUT2D eigenvalue weighted by Gasteiger charge is -2.33. The van der Waals surface area contributed by atoms with Crippen LogP contribution in [0.15, 0.2) is 30.3 Å². The molecule has 0 saturated carbocycles. The molecule has 0 unspecified atom stereocenters. The molecule has 1 aromatic rings. The van der Waals surface area contributed by atoms with Gasteiger partial charge in [-0.3, -0.25) is 28.8 Å². The van der Waals surface area contributed by atoms with Crippen LogP contribution in [0.2, 0.25) is 0 Å². The predicted molar refractivity (Wildman–Crippen MR) is 159 cm³/mol. The number of aliphatic hydroxyl groups excluding tert-OH is 1. The first-order valence-electron chi connectivity index (χ1n) is 14.3. The topological polar surface area (TPSA) is 177 Å². The Hall–Kier alpha value is -4.00. The molecule has 1 fully saturated rings. The summed E-state index contributed by atoms with van der Waals surface area (Å²) in [7, 11) is 3.17. The van der Waals surface area contributed by atoms with Crippen LogP contribution in [0.4, 0.5) is 0 Å². The molecular formula is C30H46N6O7. The summed E-state index contributed by atoms with van der Waals surface area (Å²) in [5, 5.41) is 20.3. The summed E-state index contributed by atoms with van der Waals surface area (Å²) in [6.45, 7) is 8.50. The van der Waals surface area contributed by atoms with Crippen molar-refractivity contribution < 1.29 is 33.9 Å². The highest BCUT2D eigenvalue weighted by Crippen LogP contribution is 2.20. The lowest BCUT2D eigenvalue weighted by Crippen LogP contribution is -2.63. The number of likely N-dealkylation sites (N-methyl/N-ethyl adjacent to an activating group) is 1. The standard InChI is InChI=1S/C30H46N6O7/c1-28(2,34-26(42)29(3,4)32-23(39)20(18-37)19-13-10-9-11-14-19)25(41)31-17-22(38)36-16-12-15-21(36)24(40)33-30(5,6)27(43)35(7)8/h9-11,13-14,20-21,37H,12,15-18H2,1-8H3,(H,31,41)(H,32,39)(H,33,40)(H,34,42)/t20-,21+/m1/s1. The molecule has 1 saturated heterocycles. The fourth-order valence-electron chi connectivity index (χ4n) is 4.79. The maximum atomic E-state index is 13.1. The second kappa shape index (κ2) is 14.0. The zero-order valence-electron chi connectivity index (χ0n) is 26.4. The van der Waals surface area contributed by atoms with Crippen LogP contribution in [0.25, 0.3) is 0 Å². The third-order valence-electron chi connectivity index (χ3n) is 7.35. The fraction of sp³-hybridized carbons (Fsp3) is 0.600. The molecule has 2 atom stereocenters. The van der Waals surface area contributed by atoms with Gasteiger partial charge in [0.15, 0.2) is 0 Å². The minimum absolute atomic E-state index is 0.291. The summed E-state index contributed by atoms with van der Waals surface area (Å²) in [5.74, 6) is -3.96. The summed E-state index contributed by atoms with van der Waals surface area (Å²) < 4.78 is 0. The van der Waals surface area contributed by atoms with E-state index in [9.17, 15) is 33.9 Å². The van der Waals surface area contributed by atoms with Crippen LogP contribution < -0.4 is 21.3 Å². The van der Waals surface area contributed by atoms with E-state index in [1.54, 1.807) is 58.3 Å². The summed E-state index contributed by atoms with van der Waals surface area (Å²) in [6, 6.07) is 7.88. The Labute approximate surface area is 253 Å². The first-order valence-corrected chi connectivity index (χ1v) is 14.3. The quantitative estimate of drug-likeness (QED) is 0.217. The number of rotatable bonds is 12. The van der Waals surface area contributed by atoms with E-state index in [1.807, 2.05) is 0 Å². The zero-order valence-corrected chi connectivity index (χ0v) is 26.4. The van der Waals surface area contributed by atoms with Crippen molar-refractivity contribution >= 4 is 35.4 Å². The average Bonchev–Trinajstić information content (AvgIpc) is 3.41. The summed E-state index contributed by atoms with van der Waals surface area (Å²) in [4.78, 5) is 80.2. The van der Waals surface area contributed by atoms with Crippen LogP contribution in [0, 0.1) is 0 Å². The van der Waals surface area contributed by atoms with E-state index >= 15 is 0 Å². The van der Waals surface area contributed by atoms with Crippen LogP contribution in [-0.2, 0) is 28.8 Å². The molecule has 1 aliphatic heterocycles. The molecule has 43 heavy (non-hydrogen) atoms. The second-order valence-corrected chi connectivity index (χ2v) is 12.6. The van der Waals surface area contributed by atoms with E-state index in [1.165, 1.54) is 37.5 Å². The van der Waals surface area contributed by atoms with Gasteiger partial charge in [-0.2, -0.15) is 0 Å². The number of benzene rings is 1. The van der Waals surface area contributed by atoms with Gasteiger partial charge in [0.1, 0.15) is 22.7 Å². The van der Waals surface area contributed by atoms with Gasteiger partial charge in [0.25, 0.3) is 0 Å². The number of aliphatic hydroxyl groups is 1. The Morgan fingerprint density at radius 1 is 0.884 bits per heavy atom. The molecule has 0 aromatic heterocycles. The van der Waals surface area contributed by atoms with Gasteiger partial charge < -0.3 is 36.2 Å². The molecule has 0 bridgehead atoms. The molecule has 5 N–H and O–H groups in total. The van der Waals surface area contributed by atoms with E-state index in [0.717, 1.165) is 0 Å². The van der Waals surface area contributed by atoms with E-state index in [-0.39, 0.29) is 5.91 Å². The number of carbonyl (C=O) groups is 6. The molecule has 13 heteroatoms. The van der Waals surface area contributed by atoms with Crippen LogP contribution in [0.5, 0.6) is 0 Å². The van der Waals surface area contributed by atoms with Gasteiger partial charge in [-0.1, -0.05) is 30.3 Å². The van der Waals surface area contributed by atoms with E-state index in [4.69, 9.17) is 0 Å². The third kappa shape index (κ3) is 8.99. The number of nitrogens with one attached hydrogen (secondary N) is 4. The highest BCUT2D eigenvalue weighted by atomic mass is 16.3. The average molecular weight is 603 g/mol. The Morgan fingerprint density at radius 2 is 1.47 bits per heavy atom. The van der Waals surface area contributed by atoms with Crippen molar-refractivity contribution in [2.75, 3.05) is 33.8 Å². The number of likely N-dealkylation sites (tertiary alicyclic amines) is 1. The van der Waals surface area contributed by atoms with Gasteiger partial charge in [0, 0.05) is 20.6 Å². The molecule has 1 aliphatic rings. The molecule has 13 nitrogen and oxygen atoms in total. The number of hydrogen-bond acceptors (Lipinski definition) is 7. The number of amides is 6. The van der Waals surface area contributed by atoms with E-state index in [2.05, 4.69) is 21.3 Å². The van der Waals surface area contributed by atoms with Crippen LogP contribution >= 0.6 is 0 Å². The predicted octanol–water partition coefficient (Wildman–Crippen LogP) is -0.358. The van der Waals surface area contributed by atoms with Gasteiger partial charge in [0.2, 0.25) is 35.4 Å². The van der Waals surface area contributed by atoms with Crippen LogP contribution in [-0.4, -0.2) is 107 Å². The van der Waals surface area contributed by atoms with Crippen molar-refractivity contribution in [3.8, 4) is 0 Å². The highest BCUT2D eigenvalue weighted by molar-refractivity contribution is 5.98. The van der Waals surface area contributed by atoms with Crippen molar-refractivity contribution in [2.45, 2.75) is 83.0 Å². The lowest BCUT2D eigenvalue weighted by molar-refractivity contribution is -0.143. The maximum Gasteiger partial charge on any atom is 0.247 e. The normalized spacial score (nSPS) is 16.1. The minimum atomic E-state index is -1.46. The fourth-order valence-corrected chi connectivity index (χ4v) is 4.79. The molecule has 6 amide bonds. The van der Waals surface area contributed by atoms with Gasteiger partial charge in [0.05, 0.1) is 19.1 Å². The number of nitrogens with zero attached hydrogens (tertiary/aromatic N) is 2. The van der Waals surface area contributed by atoms with Crippen molar-refractivity contribution in [2.24, 2.45) is 0 Å². The third-order valence-corrected chi connectivity index (χ3v) is 7.35. The molecule has 2 rings (SSSR count). The minimum Gasteiger partial charge on any atom is -0.395 e. The SMILES string of the molecule is CN(C)C(=O)C(C)(C)NC(=O)[C@@H]1CCCN1C(=O)CNC(=O)C(C)(C)NC(=O)C(C)(C)NC(=O)[C@H](CO)c1ccccc1. The molecule has 0 radical (unpaired) electrons. The molecule has 0 spiro atoms. The van der Waals surface area contributed by atoms with Crippen LogP contribution in [0.1, 0.15) is 65.9 Å². The first-order chi connectivity index (χ1) is 19.8. The first kappa shape index (κ1) is 35.2. The Kier molecular flexibility index (Phi) is 11.4.